The number of nitrogens with zero attached hydrogens (tertiary/aromatic N) is 2. The van der Waals surface area contributed by atoms with Crippen molar-refractivity contribution < 1.29 is 4.79 Å². The van der Waals surface area contributed by atoms with Crippen LogP contribution in [0.5, 0.6) is 0 Å². The third-order valence-electron chi connectivity index (χ3n) is 3.91. The highest BCUT2D eigenvalue weighted by molar-refractivity contribution is 7.80. The van der Waals surface area contributed by atoms with Gasteiger partial charge < -0.3 is 9.80 Å². The van der Waals surface area contributed by atoms with Gasteiger partial charge in [-0.05, 0) is 39.4 Å². The fraction of sp³-hybridized carbons (Fsp3) is 0.615. The number of carbonyl (C=O) groups excluding carboxylic acids is 1. The Morgan fingerprint density at radius 3 is 2.50 bits per heavy atom. The standard InChI is InChI=1S/C13H20N2OS2/c1-14(2)13(5-4-6-13)9-15(3)12(16)11-7-10(17)8-18-11/h7-8,17H,4-6,9H2,1-3H3. The molecular formula is C13H20N2OS2. The van der Waals surface area contributed by atoms with Gasteiger partial charge in [-0.1, -0.05) is 0 Å². The molecule has 0 atom stereocenters. The zero-order chi connectivity index (χ0) is 13.3. The van der Waals surface area contributed by atoms with Crippen molar-refractivity contribution in [1.29, 1.82) is 0 Å². The number of hydrogen-bond donors (Lipinski definition) is 1. The molecule has 1 aliphatic rings. The Bertz CT molecular complexity index is 438. The molecule has 1 fully saturated rings. The Balaban J connectivity index is 2.03. The fourth-order valence-corrected chi connectivity index (χ4v) is 3.61. The fourth-order valence-electron chi connectivity index (χ4n) is 2.47. The minimum Gasteiger partial charge on any atom is -0.339 e. The molecule has 1 aliphatic carbocycles. The van der Waals surface area contributed by atoms with E-state index in [-0.39, 0.29) is 11.4 Å². The molecule has 3 nitrogen and oxygen atoms in total. The number of likely N-dealkylation sites (N-methyl/N-ethyl adjacent to an activating group) is 2. The molecule has 0 unspecified atom stereocenters. The lowest BCUT2D eigenvalue weighted by atomic mass is 9.75. The summed E-state index contributed by atoms with van der Waals surface area (Å²) in [5.41, 5.74) is 0.186. The van der Waals surface area contributed by atoms with Crippen LogP contribution in [0.2, 0.25) is 0 Å². The molecule has 0 bridgehead atoms. The second-order valence-corrected chi connectivity index (χ2v) is 6.73. The molecule has 0 aromatic carbocycles. The number of amides is 1. The summed E-state index contributed by atoms with van der Waals surface area (Å²) in [4.78, 5) is 18.0. The summed E-state index contributed by atoms with van der Waals surface area (Å²) in [5.74, 6) is 0.105. The molecular weight excluding hydrogens is 264 g/mol. The van der Waals surface area contributed by atoms with Crippen molar-refractivity contribution in [3.8, 4) is 0 Å². The summed E-state index contributed by atoms with van der Waals surface area (Å²) < 4.78 is 0. The van der Waals surface area contributed by atoms with E-state index in [2.05, 4.69) is 31.6 Å². The lowest BCUT2D eigenvalue weighted by Gasteiger charge is -2.49. The number of hydrogen-bond acceptors (Lipinski definition) is 4. The topological polar surface area (TPSA) is 23.6 Å². The van der Waals surface area contributed by atoms with Gasteiger partial charge in [0.25, 0.3) is 5.91 Å². The van der Waals surface area contributed by atoms with Crippen LogP contribution < -0.4 is 0 Å². The van der Waals surface area contributed by atoms with Crippen LogP contribution in [0.15, 0.2) is 16.3 Å². The van der Waals surface area contributed by atoms with Gasteiger partial charge in [0.2, 0.25) is 0 Å². The Morgan fingerprint density at radius 2 is 2.11 bits per heavy atom. The molecule has 18 heavy (non-hydrogen) atoms. The minimum absolute atomic E-state index is 0.105. The molecule has 1 aromatic heterocycles. The Morgan fingerprint density at radius 1 is 1.44 bits per heavy atom. The third kappa shape index (κ3) is 2.58. The van der Waals surface area contributed by atoms with Gasteiger partial charge in [0.1, 0.15) is 0 Å². The molecule has 5 heteroatoms. The minimum atomic E-state index is 0.105. The van der Waals surface area contributed by atoms with Crippen LogP contribution in [0.1, 0.15) is 28.9 Å². The second-order valence-electron chi connectivity index (χ2n) is 5.30. The highest BCUT2D eigenvalue weighted by Crippen LogP contribution is 2.37. The van der Waals surface area contributed by atoms with Gasteiger partial charge in [-0.15, -0.1) is 24.0 Å². The normalized spacial score (nSPS) is 17.6. The Kier molecular flexibility index (Phi) is 4.04. The molecule has 0 radical (unpaired) electrons. The van der Waals surface area contributed by atoms with Gasteiger partial charge in [-0.2, -0.15) is 0 Å². The van der Waals surface area contributed by atoms with Crippen LogP contribution in [0.25, 0.3) is 0 Å². The summed E-state index contributed by atoms with van der Waals surface area (Å²) in [5, 5.41) is 1.90. The van der Waals surface area contributed by atoms with Crippen molar-refractivity contribution >= 4 is 29.9 Å². The number of carbonyl (C=O) groups is 1. The molecule has 100 valence electrons. The summed E-state index contributed by atoms with van der Waals surface area (Å²) in [7, 11) is 6.10. The van der Waals surface area contributed by atoms with Gasteiger partial charge in [0.05, 0.1) is 4.88 Å². The van der Waals surface area contributed by atoms with E-state index in [9.17, 15) is 4.79 Å². The predicted molar refractivity (Wildman–Crippen MR) is 78.8 cm³/mol. The maximum Gasteiger partial charge on any atom is 0.263 e. The molecule has 1 aromatic rings. The van der Waals surface area contributed by atoms with E-state index in [4.69, 9.17) is 0 Å². The van der Waals surface area contributed by atoms with E-state index in [0.29, 0.717) is 0 Å². The Hall–Kier alpha value is -0.520. The lowest BCUT2D eigenvalue weighted by molar-refractivity contribution is 0.0254. The second kappa shape index (κ2) is 5.23. The zero-order valence-electron chi connectivity index (χ0n) is 11.1. The zero-order valence-corrected chi connectivity index (χ0v) is 12.9. The Labute approximate surface area is 118 Å². The quantitative estimate of drug-likeness (QED) is 0.859. The molecule has 2 rings (SSSR count). The van der Waals surface area contributed by atoms with E-state index < -0.39 is 0 Å². The smallest absolute Gasteiger partial charge is 0.263 e. The van der Waals surface area contributed by atoms with Gasteiger partial charge in [0, 0.05) is 29.4 Å². The number of thiol groups is 1. The van der Waals surface area contributed by atoms with Gasteiger partial charge >= 0.3 is 0 Å². The van der Waals surface area contributed by atoms with Crippen LogP contribution in [0.3, 0.4) is 0 Å². The van der Waals surface area contributed by atoms with Crippen LogP contribution in [-0.4, -0.2) is 48.9 Å². The number of thiophene rings is 1. The maximum absolute atomic E-state index is 12.3. The first kappa shape index (κ1) is 13.9. The van der Waals surface area contributed by atoms with Gasteiger partial charge in [-0.3, -0.25) is 4.79 Å². The SMILES string of the molecule is CN(CC1(N(C)C)CCC1)C(=O)c1cc(S)cs1. The molecule has 0 aliphatic heterocycles. The largest absolute Gasteiger partial charge is 0.339 e. The van der Waals surface area contributed by atoms with Crippen molar-refractivity contribution in [2.45, 2.75) is 29.7 Å². The highest BCUT2D eigenvalue weighted by Gasteiger charge is 2.40. The van der Waals surface area contributed by atoms with Crippen LogP contribution >= 0.6 is 24.0 Å². The molecule has 1 heterocycles. The average Bonchev–Trinajstić information content (AvgIpc) is 2.68. The first-order valence-corrected chi connectivity index (χ1v) is 7.48. The number of rotatable bonds is 4. The van der Waals surface area contributed by atoms with Crippen LogP contribution in [0.4, 0.5) is 0 Å². The molecule has 0 saturated heterocycles. The average molecular weight is 284 g/mol. The van der Waals surface area contributed by atoms with E-state index in [1.54, 1.807) is 0 Å². The molecule has 0 spiro atoms. The summed E-state index contributed by atoms with van der Waals surface area (Å²) >= 11 is 5.71. The van der Waals surface area contributed by atoms with Gasteiger partial charge in [-0.25, -0.2) is 0 Å². The van der Waals surface area contributed by atoms with E-state index in [1.165, 1.54) is 30.6 Å². The van der Waals surface area contributed by atoms with Crippen molar-refractivity contribution in [1.82, 2.24) is 9.80 Å². The summed E-state index contributed by atoms with van der Waals surface area (Å²) in [6.07, 6.45) is 3.62. The van der Waals surface area contributed by atoms with E-state index in [1.807, 2.05) is 23.4 Å². The van der Waals surface area contributed by atoms with E-state index in [0.717, 1.165) is 16.3 Å². The van der Waals surface area contributed by atoms with Crippen molar-refractivity contribution in [3.05, 3.63) is 16.3 Å². The van der Waals surface area contributed by atoms with E-state index >= 15 is 0 Å². The summed E-state index contributed by atoms with van der Waals surface area (Å²) in [6, 6.07) is 1.84. The highest BCUT2D eigenvalue weighted by atomic mass is 32.1. The first-order chi connectivity index (χ1) is 8.44. The lowest BCUT2D eigenvalue weighted by Crippen LogP contribution is -2.57. The van der Waals surface area contributed by atoms with Crippen molar-refractivity contribution in [2.24, 2.45) is 0 Å². The van der Waals surface area contributed by atoms with Crippen LogP contribution in [0, 0.1) is 0 Å². The van der Waals surface area contributed by atoms with Crippen molar-refractivity contribution in [3.63, 3.8) is 0 Å². The van der Waals surface area contributed by atoms with Gasteiger partial charge in [0.15, 0.2) is 0 Å². The molecule has 1 amide bonds. The maximum atomic E-state index is 12.3. The monoisotopic (exact) mass is 284 g/mol. The van der Waals surface area contributed by atoms with Crippen molar-refractivity contribution in [2.75, 3.05) is 27.7 Å². The predicted octanol–water partition coefficient (Wildman–Crippen LogP) is 2.59. The molecule has 1 saturated carbocycles. The molecule has 0 N–H and O–H groups in total. The summed E-state index contributed by atoms with van der Waals surface area (Å²) in [6.45, 7) is 0.804. The third-order valence-corrected chi connectivity index (χ3v) is 5.26. The van der Waals surface area contributed by atoms with Crippen LogP contribution in [-0.2, 0) is 0 Å². The first-order valence-electron chi connectivity index (χ1n) is 6.15.